The zero-order chi connectivity index (χ0) is 12.1. The van der Waals surface area contributed by atoms with Crippen molar-refractivity contribution in [1.29, 1.82) is 0 Å². The lowest BCUT2D eigenvalue weighted by Gasteiger charge is -2.19. The first-order valence-electron chi connectivity index (χ1n) is 5.93. The number of hydrazine groups is 1. The zero-order valence-corrected chi connectivity index (χ0v) is 9.94. The molecule has 0 spiro atoms. The average molecular weight is 231 g/mol. The number of amides is 1. The highest BCUT2D eigenvalue weighted by atomic mass is 16.2. The van der Waals surface area contributed by atoms with Crippen LogP contribution in [0.15, 0.2) is 36.3 Å². The first-order chi connectivity index (χ1) is 8.25. The zero-order valence-electron chi connectivity index (χ0n) is 9.94. The lowest BCUT2D eigenvalue weighted by atomic mass is 9.96. The van der Waals surface area contributed by atoms with Crippen molar-refractivity contribution in [2.75, 3.05) is 0 Å². The highest BCUT2D eigenvalue weighted by Crippen LogP contribution is 2.19. The van der Waals surface area contributed by atoms with Gasteiger partial charge in [0.15, 0.2) is 0 Å². The van der Waals surface area contributed by atoms with Gasteiger partial charge in [0, 0.05) is 23.7 Å². The van der Waals surface area contributed by atoms with E-state index in [0.29, 0.717) is 11.5 Å². The Balaban J connectivity index is 1.88. The van der Waals surface area contributed by atoms with Crippen LogP contribution in [0.4, 0.5) is 0 Å². The van der Waals surface area contributed by atoms with Gasteiger partial charge in [0.25, 0.3) is 5.91 Å². The fourth-order valence-corrected chi connectivity index (χ4v) is 1.94. The number of allylic oxidation sites excluding steroid dienone is 2. The van der Waals surface area contributed by atoms with Gasteiger partial charge in [-0.05, 0) is 37.3 Å². The Labute approximate surface area is 101 Å². The Morgan fingerprint density at radius 2 is 2.18 bits per heavy atom. The van der Waals surface area contributed by atoms with Crippen molar-refractivity contribution in [3.63, 3.8) is 0 Å². The summed E-state index contributed by atoms with van der Waals surface area (Å²) < 4.78 is 0. The molecule has 1 aliphatic carbocycles. The topological polar surface area (TPSA) is 54.0 Å². The molecule has 2 rings (SSSR count). The van der Waals surface area contributed by atoms with E-state index < -0.39 is 0 Å². The molecule has 1 aliphatic rings. The summed E-state index contributed by atoms with van der Waals surface area (Å²) in [5, 5.41) is 0. The molecule has 0 saturated carbocycles. The fraction of sp³-hybridized carbons (Fsp3) is 0.385. The molecule has 0 bridgehead atoms. The molecular weight excluding hydrogens is 214 g/mol. The normalized spacial score (nSPS) is 19.4. The Bertz CT molecular complexity index is 414. The van der Waals surface area contributed by atoms with Crippen molar-refractivity contribution in [2.24, 2.45) is 5.92 Å². The van der Waals surface area contributed by atoms with E-state index in [1.54, 1.807) is 24.5 Å². The van der Waals surface area contributed by atoms with Crippen LogP contribution in [-0.4, -0.2) is 10.9 Å². The van der Waals surface area contributed by atoms with Gasteiger partial charge in [-0.1, -0.05) is 13.0 Å². The Morgan fingerprint density at radius 3 is 2.88 bits per heavy atom. The van der Waals surface area contributed by atoms with Crippen LogP contribution in [-0.2, 0) is 0 Å². The number of nitrogens with zero attached hydrogens (tertiary/aromatic N) is 1. The molecule has 0 radical (unpaired) electrons. The summed E-state index contributed by atoms with van der Waals surface area (Å²) in [6.45, 7) is 2.19. The van der Waals surface area contributed by atoms with Gasteiger partial charge in [0.2, 0.25) is 0 Å². The van der Waals surface area contributed by atoms with E-state index >= 15 is 0 Å². The quantitative estimate of drug-likeness (QED) is 0.782. The van der Waals surface area contributed by atoms with Crippen molar-refractivity contribution < 1.29 is 4.79 Å². The van der Waals surface area contributed by atoms with E-state index in [4.69, 9.17) is 0 Å². The first kappa shape index (κ1) is 11.6. The molecule has 17 heavy (non-hydrogen) atoms. The minimum atomic E-state index is -0.133. The maximum absolute atomic E-state index is 11.7. The van der Waals surface area contributed by atoms with Gasteiger partial charge in [-0.15, -0.1) is 0 Å². The van der Waals surface area contributed by atoms with E-state index in [-0.39, 0.29) is 5.91 Å². The Morgan fingerprint density at radius 1 is 1.41 bits per heavy atom. The molecule has 90 valence electrons. The second-order valence-electron chi connectivity index (χ2n) is 4.38. The summed E-state index contributed by atoms with van der Waals surface area (Å²) in [4.78, 5) is 15.6. The Kier molecular flexibility index (Phi) is 3.75. The van der Waals surface area contributed by atoms with Crippen LogP contribution >= 0.6 is 0 Å². The fourth-order valence-electron chi connectivity index (χ4n) is 1.94. The van der Waals surface area contributed by atoms with Crippen LogP contribution in [0.3, 0.4) is 0 Å². The van der Waals surface area contributed by atoms with Crippen LogP contribution in [0.25, 0.3) is 0 Å². The van der Waals surface area contributed by atoms with Crippen LogP contribution in [0.2, 0.25) is 0 Å². The van der Waals surface area contributed by atoms with Gasteiger partial charge in [0.05, 0.1) is 0 Å². The number of aromatic nitrogens is 1. The number of pyridine rings is 1. The number of hydrogen-bond acceptors (Lipinski definition) is 3. The molecule has 0 saturated heterocycles. The van der Waals surface area contributed by atoms with Crippen LogP contribution in [0, 0.1) is 5.92 Å². The maximum Gasteiger partial charge on any atom is 0.269 e. The summed E-state index contributed by atoms with van der Waals surface area (Å²) in [7, 11) is 0. The summed E-state index contributed by atoms with van der Waals surface area (Å²) in [5.41, 5.74) is 7.41. The van der Waals surface area contributed by atoms with Gasteiger partial charge in [-0.3, -0.25) is 15.2 Å². The predicted molar refractivity (Wildman–Crippen MR) is 65.9 cm³/mol. The minimum Gasteiger partial charge on any atom is -0.303 e. The van der Waals surface area contributed by atoms with E-state index in [2.05, 4.69) is 28.8 Å². The summed E-state index contributed by atoms with van der Waals surface area (Å²) in [6.07, 6.45) is 8.79. The molecule has 0 aromatic carbocycles. The first-order valence-corrected chi connectivity index (χ1v) is 5.93. The third kappa shape index (κ3) is 3.31. The standard InChI is InChI=1S/C13H17N3O/c1-10-3-2-4-12(9-10)15-16-13(17)11-5-7-14-8-6-11/h5-10,15H,2-4H2,1H3,(H,16,17)/t10-/m1/s1. The third-order valence-corrected chi connectivity index (χ3v) is 2.87. The van der Waals surface area contributed by atoms with Crippen LogP contribution in [0.5, 0.6) is 0 Å². The molecular formula is C13H17N3O. The molecule has 0 aliphatic heterocycles. The maximum atomic E-state index is 11.7. The second kappa shape index (κ2) is 5.48. The molecule has 0 fully saturated rings. The summed E-state index contributed by atoms with van der Waals surface area (Å²) in [5.74, 6) is 0.454. The monoisotopic (exact) mass is 231 g/mol. The van der Waals surface area contributed by atoms with Gasteiger partial charge in [-0.2, -0.15) is 0 Å². The molecule has 1 aromatic heterocycles. The van der Waals surface area contributed by atoms with Gasteiger partial charge < -0.3 is 5.43 Å². The van der Waals surface area contributed by atoms with E-state index in [1.165, 1.54) is 12.8 Å². The van der Waals surface area contributed by atoms with E-state index in [9.17, 15) is 4.79 Å². The minimum absolute atomic E-state index is 0.133. The van der Waals surface area contributed by atoms with Crippen molar-refractivity contribution in [1.82, 2.24) is 15.8 Å². The van der Waals surface area contributed by atoms with Crippen molar-refractivity contribution >= 4 is 5.91 Å². The molecule has 1 aromatic rings. The Hall–Kier alpha value is -1.84. The van der Waals surface area contributed by atoms with Crippen LogP contribution in [0.1, 0.15) is 36.5 Å². The number of rotatable bonds is 3. The lowest BCUT2D eigenvalue weighted by Crippen LogP contribution is -2.37. The van der Waals surface area contributed by atoms with E-state index in [1.807, 2.05) is 0 Å². The number of nitrogens with one attached hydrogen (secondary N) is 2. The van der Waals surface area contributed by atoms with Gasteiger partial charge >= 0.3 is 0 Å². The smallest absolute Gasteiger partial charge is 0.269 e. The molecule has 0 unspecified atom stereocenters. The summed E-state index contributed by atoms with van der Waals surface area (Å²) in [6, 6.07) is 3.38. The molecule has 4 nitrogen and oxygen atoms in total. The van der Waals surface area contributed by atoms with Gasteiger partial charge in [0.1, 0.15) is 0 Å². The summed E-state index contributed by atoms with van der Waals surface area (Å²) >= 11 is 0. The molecule has 4 heteroatoms. The number of carbonyl (C=O) groups is 1. The SMILES string of the molecule is C[C@H]1C=C(NNC(=O)c2ccncc2)CCC1. The largest absolute Gasteiger partial charge is 0.303 e. The van der Waals surface area contributed by atoms with E-state index in [0.717, 1.165) is 12.1 Å². The third-order valence-electron chi connectivity index (χ3n) is 2.87. The second-order valence-corrected chi connectivity index (χ2v) is 4.38. The van der Waals surface area contributed by atoms with Gasteiger partial charge in [-0.25, -0.2) is 0 Å². The molecule has 1 amide bonds. The highest BCUT2D eigenvalue weighted by molar-refractivity contribution is 5.93. The lowest BCUT2D eigenvalue weighted by molar-refractivity contribution is 0.0937. The average Bonchev–Trinajstić information content (AvgIpc) is 2.37. The number of hydrogen-bond donors (Lipinski definition) is 2. The molecule has 1 atom stereocenters. The molecule has 1 heterocycles. The molecule has 2 N–H and O–H groups in total. The number of carbonyl (C=O) groups excluding carboxylic acids is 1. The van der Waals surface area contributed by atoms with Crippen LogP contribution < -0.4 is 10.9 Å². The van der Waals surface area contributed by atoms with Crippen molar-refractivity contribution in [2.45, 2.75) is 26.2 Å². The van der Waals surface area contributed by atoms with Crippen molar-refractivity contribution in [3.8, 4) is 0 Å². The predicted octanol–water partition coefficient (Wildman–Crippen LogP) is 2.02. The highest BCUT2D eigenvalue weighted by Gasteiger charge is 2.10. The van der Waals surface area contributed by atoms with Crippen molar-refractivity contribution in [3.05, 3.63) is 41.9 Å².